The van der Waals surface area contributed by atoms with E-state index in [1.54, 1.807) is 12.3 Å². The van der Waals surface area contributed by atoms with Gasteiger partial charge in [-0.05, 0) is 44.0 Å². The normalized spacial score (nSPS) is 16.0. The maximum absolute atomic E-state index is 12.5. The minimum atomic E-state index is -0.225. The molecule has 0 amide bonds. The van der Waals surface area contributed by atoms with E-state index in [2.05, 4.69) is 41.4 Å². The van der Waals surface area contributed by atoms with Gasteiger partial charge in [0, 0.05) is 41.5 Å². The Kier molecular flexibility index (Phi) is 6.31. The summed E-state index contributed by atoms with van der Waals surface area (Å²) in [5.41, 5.74) is 1.22. The molecule has 4 rings (SSSR count). The van der Waals surface area contributed by atoms with Crippen LogP contribution in [0.4, 0.5) is 17.5 Å². The first-order valence-corrected chi connectivity index (χ1v) is 10.9. The van der Waals surface area contributed by atoms with Crippen molar-refractivity contribution < 1.29 is 5.11 Å². The third kappa shape index (κ3) is 4.63. The number of hydrogen-bond acceptors (Lipinski definition) is 7. The molecule has 3 heterocycles. The Morgan fingerprint density at radius 1 is 1.30 bits per heavy atom. The quantitative estimate of drug-likeness (QED) is 0.436. The van der Waals surface area contributed by atoms with Gasteiger partial charge in [0.05, 0.1) is 12.1 Å². The zero-order valence-electron chi connectivity index (χ0n) is 16.7. The minimum absolute atomic E-state index is 0.0891. The van der Waals surface area contributed by atoms with E-state index in [1.165, 1.54) is 0 Å². The summed E-state index contributed by atoms with van der Waals surface area (Å²) in [7, 11) is 0. The molecule has 0 bridgehead atoms. The molecule has 9 heteroatoms. The topological polar surface area (TPSA) is 106 Å². The maximum atomic E-state index is 12.5. The number of aromatic amines is 1. The van der Waals surface area contributed by atoms with Crippen LogP contribution >= 0.6 is 15.9 Å². The number of pyridine rings is 1. The lowest BCUT2D eigenvalue weighted by atomic mass is 10.0. The number of H-pyrrole nitrogens is 1. The summed E-state index contributed by atoms with van der Waals surface area (Å²) < 4.78 is 0.937. The summed E-state index contributed by atoms with van der Waals surface area (Å²) in [5.74, 6) is 1.10. The predicted octanol–water partition coefficient (Wildman–Crippen LogP) is 2.76. The molecule has 0 spiro atoms. The number of hydrogen-bond donors (Lipinski definition) is 4. The van der Waals surface area contributed by atoms with Crippen molar-refractivity contribution >= 4 is 44.3 Å². The second-order valence-corrected chi connectivity index (χ2v) is 8.50. The monoisotopic (exact) mass is 472 g/mol. The summed E-state index contributed by atoms with van der Waals surface area (Å²) in [5, 5.41) is 16.4. The van der Waals surface area contributed by atoms with Crippen LogP contribution in [0.5, 0.6) is 0 Å². The Balaban J connectivity index is 1.63. The van der Waals surface area contributed by atoms with Gasteiger partial charge in [0.15, 0.2) is 0 Å². The molecule has 1 aliphatic heterocycles. The van der Waals surface area contributed by atoms with Crippen LogP contribution in [0, 0.1) is 0 Å². The van der Waals surface area contributed by atoms with E-state index in [0.29, 0.717) is 28.7 Å². The van der Waals surface area contributed by atoms with Crippen LogP contribution in [-0.2, 0) is 0 Å². The molecule has 1 aromatic carbocycles. The first-order valence-electron chi connectivity index (χ1n) is 10.1. The number of anilines is 3. The van der Waals surface area contributed by atoms with E-state index >= 15 is 0 Å². The number of aromatic nitrogens is 3. The summed E-state index contributed by atoms with van der Waals surface area (Å²) in [6.45, 7) is 3.73. The number of aliphatic hydroxyl groups is 1. The second kappa shape index (κ2) is 9.11. The van der Waals surface area contributed by atoms with Crippen molar-refractivity contribution in [2.45, 2.75) is 31.8 Å². The molecular formula is C21H25BrN6O2. The van der Waals surface area contributed by atoms with Crippen LogP contribution in [0.25, 0.3) is 10.9 Å². The highest BCUT2D eigenvalue weighted by Gasteiger charge is 2.23. The van der Waals surface area contributed by atoms with E-state index in [4.69, 9.17) is 4.98 Å². The van der Waals surface area contributed by atoms with Gasteiger partial charge in [-0.15, -0.1) is 0 Å². The standard InChI is InChI=1S/C21H25BrN6O2/c1-13(12-29)24-15-6-9-28(10-7-15)21-26-17-5-8-23-20(30)18(17)19(27-21)25-16-4-2-3-14(22)11-16/h2-5,8,11,13,15,24,29H,6-7,9-10,12H2,1H3,(H,23,30)(H,25,26,27). The van der Waals surface area contributed by atoms with E-state index < -0.39 is 0 Å². The Labute approximate surface area is 182 Å². The third-order valence-corrected chi connectivity index (χ3v) is 5.76. The Hall–Kier alpha value is -2.49. The predicted molar refractivity (Wildman–Crippen MR) is 123 cm³/mol. The van der Waals surface area contributed by atoms with Crippen LogP contribution in [0.3, 0.4) is 0 Å². The van der Waals surface area contributed by atoms with Gasteiger partial charge in [0.2, 0.25) is 5.95 Å². The van der Waals surface area contributed by atoms with Crippen molar-refractivity contribution in [2.24, 2.45) is 0 Å². The van der Waals surface area contributed by atoms with Crippen LogP contribution in [0.1, 0.15) is 19.8 Å². The molecule has 1 atom stereocenters. The number of piperidine rings is 1. The zero-order chi connectivity index (χ0) is 21.1. The van der Waals surface area contributed by atoms with Crippen LogP contribution < -0.4 is 21.1 Å². The van der Waals surface area contributed by atoms with Crippen LogP contribution in [-0.4, -0.2) is 51.8 Å². The molecule has 158 valence electrons. The molecule has 2 aromatic heterocycles. The van der Waals surface area contributed by atoms with Gasteiger partial charge < -0.3 is 25.6 Å². The third-order valence-electron chi connectivity index (χ3n) is 5.27. The van der Waals surface area contributed by atoms with Gasteiger partial charge in [-0.25, -0.2) is 4.98 Å². The van der Waals surface area contributed by atoms with Gasteiger partial charge in [-0.1, -0.05) is 22.0 Å². The fraction of sp³-hybridized carbons (Fsp3) is 0.381. The number of nitrogens with one attached hydrogen (secondary N) is 3. The SMILES string of the molecule is CC(CO)NC1CCN(c2nc(Nc3cccc(Br)c3)c3c(=O)[nH]ccc3n2)CC1. The summed E-state index contributed by atoms with van der Waals surface area (Å²) in [4.78, 5) is 26.7. The Morgan fingerprint density at radius 2 is 2.10 bits per heavy atom. The molecule has 0 radical (unpaired) electrons. The van der Waals surface area contributed by atoms with Gasteiger partial charge >= 0.3 is 0 Å². The van der Waals surface area contributed by atoms with Crippen LogP contribution in [0.2, 0.25) is 0 Å². The zero-order valence-corrected chi connectivity index (χ0v) is 18.3. The molecule has 30 heavy (non-hydrogen) atoms. The molecule has 3 aromatic rings. The van der Waals surface area contributed by atoms with Crippen molar-refractivity contribution in [3.63, 3.8) is 0 Å². The number of benzene rings is 1. The lowest BCUT2D eigenvalue weighted by Crippen LogP contribution is -2.46. The van der Waals surface area contributed by atoms with E-state index in [1.807, 2.05) is 31.2 Å². The van der Waals surface area contributed by atoms with Crippen molar-refractivity contribution in [1.82, 2.24) is 20.3 Å². The first kappa shape index (κ1) is 20.8. The lowest BCUT2D eigenvalue weighted by Gasteiger charge is -2.34. The summed E-state index contributed by atoms with van der Waals surface area (Å²) in [6.07, 6.45) is 3.49. The van der Waals surface area contributed by atoms with Crippen molar-refractivity contribution in [1.29, 1.82) is 0 Å². The van der Waals surface area contributed by atoms with Gasteiger partial charge in [0.1, 0.15) is 11.2 Å². The summed E-state index contributed by atoms with van der Waals surface area (Å²) in [6, 6.07) is 9.98. The van der Waals surface area contributed by atoms with E-state index in [9.17, 15) is 9.90 Å². The molecule has 0 saturated carbocycles. The highest BCUT2D eigenvalue weighted by atomic mass is 79.9. The number of nitrogens with zero attached hydrogens (tertiary/aromatic N) is 3. The van der Waals surface area contributed by atoms with Crippen LogP contribution in [0.15, 0.2) is 45.8 Å². The second-order valence-electron chi connectivity index (χ2n) is 7.59. The molecule has 4 N–H and O–H groups in total. The highest BCUT2D eigenvalue weighted by molar-refractivity contribution is 9.10. The van der Waals surface area contributed by atoms with Gasteiger partial charge in [-0.3, -0.25) is 4.79 Å². The fourth-order valence-corrected chi connectivity index (χ4v) is 4.11. The molecular weight excluding hydrogens is 448 g/mol. The average Bonchev–Trinajstić information content (AvgIpc) is 2.74. The van der Waals surface area contributed by atoms with Crippen molar-refractivity contribution in [3.8, 4) is 0 Å². The fourth-order valence-electron chi connectivity index (χ4n) is 3.71. The molecule has 1 saturated heterocycles. The highest BCUT2D eigenvalue weighted by Crippen LogP contribution is 2.26. The lowest BCUT2D eigenvalue weighted by molar-refractivity contribution is 0.233. The molecule has 8 nitrogen and oxygen atoms in total. The molecule has 1 fully saturated rings. The van der Waals surface area contributed by atoms with Gasteiger partial charge in [-0.2, -0.15) is 4.98 Å². The van der Waals surface area contributed by atoms with E-state index in [-0.39, 0.29) is 18.2 Å². The largest absolute Gasteiger partial charge is 0.395 e. The molecule has 0 aliphatic carbocycles. The molecule has 1 aliphatic rings. The van der Waals surface area contributed by atoms with Crippen molar-refractivity contribution in [3.05, 3.63) is 51.4 Å². The average molecular weight is 473 g/mol. The number of fused-ring (bicyclic) bond motifs is 1. The number of rotatable bonds is 6. The number of aliphatic hydroxyl groups excluding tert-OH is 1. The Bertz CT molecular complexity index is 1080. The van der Waals surface area contributed by atoms with Gasteiger partial charge in [0.25, 0.3) is 5.56 Å². The number of halogens is 1. The first-order chi connectivity index (χ1) is 14.5. The van der Waals surface area contributed by atoms with E-state index in [0.717, 1.165) is 36.1 Å². The Morgan fingerprint density at radius 3 is 2.83 bits per heavy atom. The van der Waals surface area contributed by atoms with Crippen molar-refractivity contribution in [2.75, 3.05) is 29.9 Å². The molecule has 1 unspecified atom stereocenters. The smallest absolute Gasteiger partial charge is 0.261 e. The maximum Gasteiger partial charge on any atom is 0.261 e. The summed E-state index contributed by atoms with van der Waals surface area (Å²) >= 11 is 3.47. The minimum Gasteiger partial charge on any atom is -0.395 e.